The second-order valence-corrected chi connectivity index (χ2v) is 18.1. The first-order chi connectivity index (χ1) is 27.9. The molecule has 4 fully saturated rings. The van der Waals surface area contributed by atoms with Crippen molar-refractivity contribution in [2.45, 2.75) is 96.8 Å². The predicted octanol–water partition coefficient (Wildman–Crippen LogP) is 0.743. The number of nitrogens with zero attached hydrogens (tertiary/aromatic N) is 3. The van der Waals surface area contributed by atoms with Gasteiger partial charge in [-0.2, -0.15) is 0 Å². The Morgan fingerprint density at radius 1 is 0.729 bits per heavy atom. The van der Waals surface area contributed by atoms with Gasteiger partial charge in [-0.15, -0.1) is 0 Å². The summed E-state index contributed by atoms with van der Waals surface area (Å²) in [5, 5.41) is 74.9. The fourth-order valence-corrected chi connectivity index (χ4v) is 11.7. The van der Waals surface area contributed by atoms with Crippen LogP contribution in [0.3, 0.4) is 0 Å². The molecule has 11 atom stereocenters. The maximum Gasteiger partial charge on any atom is 0.317 e. The molecule has 4 rings (SSSR count). The molecule has 0 saturated heterocycles. The van der Waals surface area contributed by atoms with Crippen LogP contribution in [-0.4, -0.2) is 177 Å². The lowest BCUT2D eigenvalue weighted by atomic mass is 9.43. The molecule has 9 N–H and O–H groups in total. The van der Waals surface area contributed by atoms with Gasteiger partial charge >= 0.3 is 17.9 Å². The zero-order valence-corrected chi connectivity index (χ0v) is 34.9. The third-order valence-electron chi connectivity index (χ3n) is 14.7. The van der Waals surface area contributed by atoms with E-state index in [2.05, 4.69) is 41.2 Å². The van der Waals surface area contributed by atoms with Crippen molar-refractivity contribution in [3.05, 3.63) is 0 Å². The number of carboxylic acid groups (broad SMARTS) is 3. The average Bonchev–Trinajstić information content (AvgIpc) is 3.53. The Morgan fingerprint density at radius 2 is 1.34 bits per heavy atom. The van der Waals surface area contributed by atoms with E-state index in [0.717, 1.165) is 19.3 Å². The summed E-state index contributed by atoms with van der Waals surface area (Å²) in [5.74, 6) is -3.30. The number of rotatable bonds is 25. The number of carbonyl (C=O) groups is 5. The molecule has 338 valence electrons. The lowest BCUT2D eigenvalue weighted by Crippen LogP contribution is -2.63. The topological polar surface area (TPSA) is 279 Å². The summed E-state index contributed by atoms with van der Waals surface area (Å²) >= 11 is 0. The van der Waals surface area contributed by atoms with Gasteiger partial charge in [0.1, 0.15) is 0 Å². The van der Waals surface area contributed by atoms with E-state index in [1.165, 1.54) is 4.90 Å². The van der Waals surface area contributed by atoms with Gasteiger partial charge in [0, 0.05) is 51.7 Å². The second kappa shape index (κ2) is 22.2. The minimum absolute atomic E-state index is 0.0250. The first-order valence-corrected chi connectivity index (χ1v) is 21.2. The standard InChI is InChI=1S/C40H69N5O14/c1-25(4-7-35(50)51)28-5-6-29-38-30(20-32(47)40(28,29)3)39(2)9-8-27(18-26(39)19-31(38)46)42-33(48)21-41-34(49)22-45(24-37(54)55)13-12-44(23-36(52)53)11-10-43(14-16-58-56)15-17-59-57/h25-32,38,46-47,56-57H,4-24H2,1-3H3,(H,41,49)(H,42,48)(H,50,51)(H,52,53)(H,54,55)/t25?,26?,27?,28-,29?,30?,31?,32?,38?,39+,40-/m1/s1. The van der Waals surface area contributed by atoms with Crippen LogP contribution in [0.4, 0.5) is 0 Å². The molecular formula is C40H69N5O14. The lowest BCUT2D eigenvalue weighted by Gasteiger charge is -2.63. The number of aliphatic hydroxyl groups is 2. The van der Waals surface area contributed by atoms with Crippen molar-refractivity contribution < 1.29 is 69.8 Å². The monoisotopic (exact) mass is 843 g/mol. The largest absolute Gasteiger partial charge is 0.481 e. The Bertz CT molecular complexity index is 1420. The van der Waals surface area contributed by atoms with Crippen LogP contribution >= 0.6 is 0 Å². The van der Waals surface area contributed by atoms with E-state index in [4.69, 9.17) is 10.5 Å². The van der Waals surface area contributed by atoms with Crippen molar-refractivity contribution in [1.82, 2.24) is 25.3 Å². The molecule has 0 aliphatic heterocycles. The van der Waals surface area contributed by atoms with Gasteiger partial charge in [-0.05, 0) is 97.7 Å². The fourth-order valence-electron chi connectivity index (χ4n) is 11.7. The average molecular weight is 844 g/mol. The third kappa shape index (κ3) is 12.8. The van der Waals surface area contributed by atoms with Crippen LogP contribution in [0, 0.1) is 46.3 Å². The number of fused-ring (bicyclic) bond motifs is 5. The Labute approximate surface area is 346 Å². The summed E-state index contributed by atoms with van der Waals surface area (Å²) in [4.78, 5) is 73.5. The molecule has 0 aromatic heterocycles. The first-order valence-electron chi connectivity index (χ1n) is 21.2. The zero-order valence-electron chi connectivity index (χ0n) is 34.9. The smallest absolute Gasteiger partial charge is 0.317 e. The number of hydrogen-bond donors (Lipinski definition) is 9. The van der Waals surface area contributed by atoms with Crippen LogP contribution < -0.4 is 10.6 Å². The van der Waals surface area contributed by atoms with E-state index in [0.29, 0.717) is 38.6 Å². The second-order valence-electron chi connectivity index (χ2n) is 18.1. The highest BCUT2D eigenvalue weighted by Gasteiger charge is 2.65. The maximum absolute atomic E-state index is 13.1. The Hall–Kier alpha value is -3.01. The van der Waals surface area contributed by atoms with Gasteiger partial charge in [-0.3, -0.25) is 49.2 Å². The first kappa shape index (κ1) is 48.7. The normalized spacial score (nSPS) is 32.0. The van der Waals surface area contributed by atoms with Crippen molar-refractivity contribution in [3.63, 3.8) is 0 Å². The highest BCUT2D eigenvalue weighted by atomic mass is 17.1. The van der Waals surface area contributed by atoms with Crippen molar-refractivity contribution in [3.8, 4) is 0 Å². The van der Waals surface area contributed by atoms with Gasteiger partial charge in [0.25, 0.3) is 0 Å². The summed E-state index contributed by atoms with van der Waals surface area (Å²) < 4.78 is 0. The number of amides is 2. The van der Waals surface area contributed by atoms with E-state index >= 15 is 0 Å². The molecule has 0 bridgehead atoms. The highest BCUT2D eigenvalue weighted by molar-refractivity contribution is 5.86. The Morgan fingerprint density at radius 3 is 1.95 bits per heavy atom. The fraction of sp³-hybridized carbons (Fsp3) is 0.875. The molecule has 0 radical (unpaired) electrons. The molecule has 4 aliphatic rings. The van der Waals surface area contributed by atoms with Crippen LogP contribution in [0.5, 0.6) is 0 Å². The number of carbonyl (C=O) groups excluding carboxylic acids is 2. The van der Waals surface area contributed by atoms with Crippen LogP contribution in [-0.2, 0) is 33.7 Å². The summed E-state index contributed by atoms with van der Waals surface area (Å²) in [6.45, 7) is 6.23. The number of carboxylic acids is 3. The molecule has 0 aromatic rings. The van der Waals surface area contributed by atoms with Crippen molar-refractivity contribution in [1.29, 1.82) is 0 Å². The molecule has 2 amide bonds. The van der Waals surface area contributed by atoms with E-state index in [9.17, 15) is 49.5 Å². The van der Waals surface area contributed by atoms with Crippen molar-refractivity contribution in [2.75, 3.05) is 78.7 Å². The summed E-state index contributed by atoms with van der Waals surface area (Å²) in [6.07, 6.45) is 4.75. The van der Waals surface area contributed by atoms with Crippen LogP contribution in [0.15, 0.2) is 0 Å². The molecule has 8 unspecified atom stereocenters. The van der Waals surface area contributed by atoms with Gasteiger partial charge in [0.05, 0.1) is 51.6 Å². The van der Waals surface area contributed by atoms with Gasteiger partial charge in [0.15, 0.2) is 0 Å². The van der Waals surface area contributed by atoms with E-state index in [-0.39, 0.29) is 130 Å². The Kier molecular flexibility index (Phi) is 18.3. The quantitative estimate of drug-likeness (QED) is 0.0453. The molecule has 4 saturated carbocycles. The lowest BCUT2D eigenvalue weighted by molar-refractivity contribution is -0.251. The summed E-state index contributed by atoms with van der Waals surface area (Å²) in [6, 6.07) is -0.169. The number of aliphatic hydroxyl groups excluding tert-OH is 2. The number of nitrogens with one attached hydrogen (secondary N) is 2. The van der Waals surface area contributed by atoms with Crippen LogP contribution in [0.1, 0.15) is 78.6 Å². The van der Waals surface area contributed by atoms with Gasteiger partial charge in [-0.25, -0.2) is 9.78 Å². The van der Waals surface area contributed by atoms with Crippen LogP contribution in [0.2, 0.25) is 0 Å². The van der Waals surface area contributed by atoms with Gasteiger partial charge in [-0.1, -0.05) is 20.8 Å². The molecule has 59 heavy (non-hydrogen) atoms. The van der Waals surface area contributed by atoms with E-state index in [1.54, 1.807) is 9.80 Å². The Balaban J connectivity index is 1.28. The van der Waals surface area contributed by atoms with Crippen molar-refractivity contribution in [2.24, 2.45) is 46.3 Å². The van der Waals surface area contributed by atoms with Gasteiger partial charge < -0.3 is 36.2 Å². The number of hydrogen-bond acceptors (Lipinski definition) is 14. The number of aliphatic carboxylic acids is 3. The minimum Gasteiger partial charge on any atom is -0.481 e. The zero-order chi connectivity index (χ0) is 43.5. The maximum atomic E-state index is 13.1. The summed E-state index contributed by atoms with van der Waals surface area (Å²) in [5.41, 5.74) is -0.520. The predicted molar refractivity (Wildman–Crippen MR) is 211 cm³/mol. The minimum atomic E-state index is -1.19. The molecule has 4 aliphatic carbocycles. The SMILES string of the molecule is CC(CCC(=O)O)[C@H]1CCC2C3C(O)CC4CC(NC(=O)CNC(=O)CN(CCN(CCN(CCOO)CCOO)CC(=O)O)CC(=O)O)CC[C@]4(C)C3CC(O)[C@@]21C. The highest BCUT2D eigenvalue weighted by Crippen LogP contribution is 2.68. The molecule has 0 spiro atoms. The van der Waals surface area contributed by atoms with E-state index < -0.39 is 42.6 Å². The molecule has 0 aromatic carbocycles. The summed E-state index contributed by atoms with van der Waals surface area (Å²) in [7, 11) is 0. The molecular weight excluding hydrogens is 774 g/mol. The van der Waals surface area contributed by atoms with Crippen molar-refractivity contribution >= 4 is 29.7 Å². The molecule has 0 heterocycles. The third-order valence-corrected chi connectivity index (χ3v) is 14.7. The molecule has 19 nitrogen and oxygen atoms in total. The molecule has 19 heteroatoms. The van der Waals surface area contributed by atoms with Gasteiger partial charge in [0.2, 0.25) is 11.8 Å². The van der Waals surface area contributed by atoms with E-state index in [1.807, 2.05) is 0 Å². The van der Waals surface area contributed by atoms with Crippen LogP contribution in [0.25, 0.3) is 0 Å².